The van der Waals surface area contributed by atoms with Crippen LogP contribution in [-0.4, -0.2) is 50.3 Å². The van der Waals surface area contributed by atoms with E-state index < -0.39 is 18.0 Å². The Bertz CT molecular complexity index is 482. The van der Waals surface area contributed by atoms with Gasteiger partial charge in [0.25, 0.3) is 0 Å². The van der Waals surface area contributed by atoms with Gasteiger partial charge >= 0.3 is 12.0 Å². The number of aryl methyl sites for hydroxylation is 1. The van der Waals surface area contributed by atoms with Crippen molar-refractivity contribution < 1.29 is 14.7 Å². The summed E-state index contributed by atoms with van der Waals surface area (Å²) in [6.45, 7) is 2.00. The molecule has 0 saturated heterocycles. The number of aromatic amines is 1. The van der Waals surface area contributed by atoms with Crippen molar-refractivity contribution >= 4 is 12.0 Å². The molecule has 1 unspecified atom stereocenters. The van der Waals surface area contributed by atoms with E-state index in [1.165, 1.54) is 4.90 Å². The first-order valence-electron chi connectivity index (χ1n) is 6.09. The van der Waals surface area contributed by atoms with Gasteiger partial charge in [-0.15, -0.1) is 0 Å². The third kappa shape index (κ3) is 3.43. The molecule has 1 saturated carbocycles. The first-order chi connectivity index (χ1) is 8.97. The normalized spacial score (nSPS) is 15.9. The molecule has 8 nitrogen and oxygen atoms in total. The lowest BCUT2D eigenvalue weighted by Crippen LogP contribution is -2.47. The zero-order valence-corrected chi connectivity index (χ0v) is 10.9. The Labute approximate surface area is 110 Å². The molecule has 2 amide bonds. The Morgan fingerprint density at radius 3 is 2.74 bits per heavy atom. The molecule has 1 atom stereocenters. The molecular weight excluding hydrogens is 250 g/mol. The SMILES string of the molecule is Cc1nc(CN(C)C(=O)NC(C(=O)O)C2CC2)n[nH]1. The number of hydrogen-bond donors (Lipinski definition) is 3. The zero-order chi connectivity index (χ0) is 14.0. The van der Waals surface area contributed by atoms with Crippen LogP contribution in [0.25, 0.3) is 0 Å². The number of aromatic nitrogens is 3. The fourth-order valence-corrected chi connectivity index (χ4v) is 1.80. The van der Waals surface area contributed by atoms with Crippen LogP contribution in [0.15, 0.2) is 0 Å². The lowest BCUT2D eigenvalue weighted by Gasteiger charge is -2.20. The molecule has 1 aliphatic carbocycles. The molecule has 8 heteroatoms. The minimum Gasteiger partial charge on any atom is -0.480 e. The van der Waals surface area contributed by atoms with E-state index in [0.29, 0.717) is 11.6 Å². The van der Waals surface area contributed by atoms with Crippen LogP contribution < -0.4 is 5.32 Å². The Hall–Kier alpha value is -2.12. The maximum atomic E-state index is 11.9. The molecule has 1 aliphatic rings. The number of H-pyrrole nitrogens is 1. The number of aliphatic carboxylic acids is 1. The fourth-order valence-electron chi connectivity index (χ4n) is 1.80. The van der Waals surface area contributed by atoms with Crippen molar-refractivity contribution in [3.8, 4) is 0 Å². The number of urea groups is 1. The topological polar surface area (TPSA) is 111 Å². The summed E-state index contributed by atoms with van der Waals surface area (Å²) in [5, 5.41) is 18.2. The molecule has 0 spiro atoms. The van der Waals surface area contributed by atoms with Gasteiger partial charge in [-0.05, 0) is 25.7 Å². The number of nitrogens with one attached hydrogen (secondary N) is 2. The van der Waals surface area contributed by atoms with E-state index in [4.69, 9.17) is 5.11 Å². The van der Waals surface area contributed by atoms with Gasteiger partial charge in [0.2, 0.25) is 0 Å². The molecule has 0 aliphatic heterocycles. The predicted octanol–water partition coefficient (Wildman–Crippen LogP) is 0.118. The van der Waals surface area contributed by atoms with Gasteiger partial charge in [0.15, 0.2) is 5.82 Å². The number of carboxylic acid groups (broad SMARTS) is 1. The van der Waals surface area contributed by atoms with E-state index >= 15 is 0 Å². The molecule has 1 fully saturated rings. The molecule has 0 bridgehead atoms. The minimum atomic E-state index is -0.988. The van der Waals surface area contributed by atoms with Gasteiger partial charge in [-0.3, -0.25) is 5.10 Å². The monoisotopic (exact) mass is 267 g/mol. The number of amides is 2. The van der Waals surface area contributed by atoms with Crippen LogP contribution in [0, 0.1) is 12.8 Å². The highest BCUT2D eigenvalue weighted by Crippen LogP contribution is 2.32. The van der Waals surface area contributed by atoms with Crippen LogP contribution in [0.3, 0.4) is 0 Å². The van der Waals surface area contributed by atoms with Crippen molar-refractivity contribution in [1.82, 2.24) is 25.4 Å². The van der Waals surface area contributed by atoms with Crippen LogP contribution >= 0.6 is 0 Å². The standard InChI is InChI=1S/C11H17N5O3/c1-6-12-8(15-14-6)5-16(2)11(19)13-9(10(17)18)7-3-4-7/h7,9H,3-5H2,1-2H3,(H,13,19)(H,17,18)(H,12,14,15). The second-order valence-corrected chi connectivity index (χ2v) is 4.80. The number of nitrogens with zero attached hydrogens (tertiary/aromatic N) is 3. The molecule has 3 N–H and O–H groups in total. The molecule has 104 valence electrons. The van der Waals surface area contributed by atoms with E-state index in [1.54, 1.807) is 14.0 Å². The number of carbonyl (C=O) groups is 2. The lowest BCUT2D eigenvalue weighted by atomic mass is 10.2. The van der Waals surface area contributed by atoms with Gasteiger partial charge in [-0.25, -0.2) is 14.6 Å². The molecule has 0 radical (unpaired) electrons. The second kappa shape index (κ2) is 5.25. The third-order valence-corrected chi connectivity index (χ3v) is 3.01. The summed E-state index contributed by atoms with van der Waals surface area (Å²) < 4.78 is 0. The summed E-state index contributed by atoms with van der Waals surface area (Å²) in [7, 11) is 1.58. The number of hydrogen-bond acceptors (Lipinski definition) is 4. The van der Waals surface area contributed by atoms with Gasteiger partial charge in [0.1, 0.15) is 11.9 Å². The Kier molecular flexibility index (Phi) is 3.68. The molecule has 1 heterocycles. The van der Waals surface area contributed by atoms with Gasteiger partial charge in [0.05, 0.1) is 6.54 Å². The van der Waals surface area contributed by atoms with Crippen molar-refractivity contribution in [3.05, 3.63) is 11.6 Å². The molecular formula is C11H17N5O3. The minimum absolute atomic E-state index is 0.0561. The highest BCUT2D eigenvalue weighted by atomic mass is 16.4. The van der Waals surface area contributed by atoms with Crippen LogP contribution in [0.1, 0.15) is 24.5 Å². The second-order valence-electron chi connectivity index (χ2n) is 4.80. The lowest BCUT2D eigenvalue weighted by molar-refractivity contribution is -0.139. The van der Waals surface area contributed by atoms with Crippen LogP contribution in [0.2, 0.25) is 0 Å². The number of carboxylic acids is 1. The van der Waals surface area contributed by atoms with E-state index in [9.17, 15) is 9.59 Å². The first kappa shape index (κ1) is 13.3. The van der Waals surface area contributed by atoms with Gasteiger partial charge in [-0.1, -0.05) is 0 Å². The Balaban J connectivity index is 1.89. The molecule has 0 aromatic carbocycles. The van der Waals surface area contributed by atoms with Gasteiger partial charge < -0.3 is 15.3 Å². The zero-order valence-electron chi connectivity index (χ0n) is 10.9. The summed E-state index contributed by atoms with van der Waals surface area (Å²) >= 11 is 0. The molecule has 2 rings (SSSR count). The summed E-state index contributed by atoms with van der Waals surface area (Å²) in [5.41, 5.74) is 0. The highest BCUT2D eigenvalue weighted by molar-refractivity contribution is 5.82. The van der Waals surface area contributed by atoms with Crippen molar-refractivity contribution in [1.29, 1.82) is 0 Å². The Morgan fingerprint density at radius 2 is 2.26 bits per heavy atom. The number of carbonyl (C=O) groups excluding carboxylic acids is 1. The van der Waals surface area contributed by atoms with Crippen LogP contribution in [0.4, 0.5) is 4.79 Å². The summed E-state index contributed by atoms with van der Waals surface area (Å²) in [6.07, 6.45) is 1.70. The average molecular weight is 267 g/mol. The first-order valence-corrected chi connectivity index (χ1v) is 6.09. The molecule has 1 aromatic rings. The average Bonchev–Trinajstić information content (AvgIpc) is 3.09. The summed E-state index contributed by atoms with van der Waals surface area (Å²) in [4.78, 5) is 28.4. The highest BCUT2D eigenvalue weighted by Gasteiger charge is 2.37. The van der Waals surface area contributed by atoms with Crippen molar-refractivity contribution in [3.63, 3.8) is 0 Å². The predicted molar refractivity (Wildman–Crippen MR) is 65.3 cm³/mol. The van der Waals surface area contributed by atoms with E-state index in [0.717, 1.165) is 12.8 Å². The van der Waals surface area contributed by atoms with Crippen molar-refractivity contribution in [2.75, 3.05) is 7.05 Å². The van der Waals surface area contributed by atoms with Crippen molar-refractivity contribution in [2.24, 2.45) is 5.92 Å². The summed E-state index contributed by atoms with van der Waals surface area (Å²) in [5.74, 6) is 0.234. The quantitative estimate of drug-likeness (QED) is 0.701. The molecule has 1 aromatic heterocycles. The maximum absolute atomic E-state index is 11.9. The van der Waals surface area contributed by atoms with E-state index in [1.807, 2.05) is 0 Å². The fraction of sp³-hybridized carbons (Fsp3) is 0.636. The Morgan fingerprint density at radius 1 is 1.58 bits per heavy atom. The van der Waals surface area contributed by atoms with Crippen LogP contribution in [0.5, 0.6) is 0 Å². The van der Waals surface area contributed by atoms with Crippen molar-refractivity contribution in [2.45, 2.75) is 32.4 Å². The molecule has 19 heavy (non-hydrogen) atoms. The van der Waals surface area contributed by atoms with Crippen LogP contribution in [-0.2, 0) is 11.3 Å². The van der Waals surface area contributed by atoms with Gasteiger partial charge in [-0.2, -0.15) is 5.10 Å². The largest absolute Gasteiger partial charge is 0.480 e. The smallest absolute Gasteiger partial charge is 0.326 e. The third-order valence-electron chi connectivity index (χ3n) is 3.01. The maximum Gasteiger partial charge on any atom is 0.326 e. The van der Waals surface area contributed by atoms with E-state index in [-0.39, 0.29) is 12.5 Å². The number of rotatable bonds is 5. The van der Waals surface area contributed by atoms with E-state index in [2.05, 4.69) is 20.5 Å². The summed E-state index contributed by atoms with van der Waals surface area (Å²) in [6, 6.07) is -1.23. The van der Waals surface area contributed by atoms with Gasteiger partial charge in [0, 0.05) is 7.05 Å².